The van der Waals surface area contributed by atoms with Crippen LogP contribution in [0.15, 0.2) is 0 Å². The molecule has 6 nitrogen and oxygen atoms in total. The lowest BCUT2D eigenvalue weighted by Crippen LogP contribution is -2.37. The first-order valence-corrected chi connectivity index (χ1v) is 3.59. The number of aliphatic carboxylic acids is 1. The molecule has 0 aromatic carbocycles. The Hall–Kier alpha value is -1.81. The molecular weight excluding hydrogens is 243 g/mol. The fourth-order valence-corrected chi connectivity index (χ4v) is 0.791. The molecule has 1 heterocycles. The summed E-state index contributed by atoms with van der Waals surface area (Å²) in [5, 5.41) is 16.0. The largest absolute Gasteiger partial charge is 0.480 e. The van der Waals surface area contributed by atoms with Gasteiger partial charge < -0.3 is 5.11 Å². The molecule has 0 aliphatic rings. The summed E-state index contributed by atoms with van der Waals surface area (Å²) in [7, 11) is 0. The van der Waals surface area contributed by atoms with E-state index in [2.05, 4.69) is 15.5 Å². The molecule has 0 fully saturated rings. The lowest BCUT2D eigenvalue weighted by Gasteiger charge is -2.17. The molecule has 1 rings (SSSR count). The minimum atomic E-state index is -5.89. The summed E-state index contributed by atoms with van der Waals surface area (Å²) in [5.41, 5.74) is 0. The lowest BCUT2D eigenvalue weighted by atomic mass is 10.3. The molecule has 1 aromatic heterocycles. The van der Waals surface area contributed by atoms with E-state index in [1.54, 1.807) is 0 Å². The van der Waals surface area contributed by atoms with Gasteiger partial charge in [0.1, 0.15) is 6.54 Å². The number of rotatable bonds is 3. The van der Waals surface area contributed by atoms with Gasteiger partial charge in [0.2, 0.25) is 5.82 Å². The van der Waals surface area contributed by atoms with Crippen LogP contribution in [0.5, 0.6) is 0 Å². The number of alkyl halides is 5. The van der Waals surface area contributed by atoms with Crippen LogP contribution in [0.1, 0.15) is 5.82 Å². The molecule has 0 amide bonds. The van der Waals surface area contributed by atoms with Gasteiger partial charge >= 0.3 is 18.1 Å². The highest BCUT2D eigenvalue weighted by Crippen LogP contribution is 2.42. The van der Waals surface area contributed by atoms with E-state index in [0.717, 1.165) is 0 Å². The zero-order valence-electron chi connectivity index (χ0n) is 7.24. The summed E-state index contributed by atoms with van der Waals surface area (Å²) in [6, 6.07) is 0. The van der Waals surface area contributed by atoms with Crippen molar-refractivity contribution < 1.29 is 31.9 Å². The summed E-state index contributed by atoms with van der Waals surface area (Å²) in [6.45, 7) is -1.19. The Morgan fingerprint density at radius 1 is 1.31 bits per heavy atom. The second-order valence-electron chi connectivity index (χ2n) is 2.63. The zero-order valence-corrected chi connectivity index (χ0v) is 7.24. The van der Waals surface area contributed by atoms with Gasteiger partial charge in [-0.25, -0.2) is 4.68 Å². The molecule has 0 spiro atoms. The van der Waals surface area contributed by atoms with Crippen molar-refractivity contribution in [2.75, 3.05) is 0 Å². The third-order valence-corrected chi connectivity index (χ3v) is 1.45. The predicted molar refractivity (Wildman–Crippen MR) is 35.4 cm³/mol. The third-order valence-electron chi connectivity index (χ3n) is 1.45. The second-order valence-corrected chi connectivity index (χ2v) is 2.63. The quantitative estimate of drug-likeness (QED) is 0.781. The van der Waals surface area contributed by atoms with Gasteiger partial charge in [-0.2, -0.15) is 22.0 Å². The van der Waals surface area contributed by atoms with E-state index in [4.69, 9.17) is 5.11 Å². The first-order chi connectivity index (χ1) is 7.16. The third kappa shape index (κ3) is 2.06. The number of halogens is 5. The Morgan fingerprint density at radius 3 is 2.31 bits per heavy atom. The SMILES string of the molecule is O=C(O)Cn1nnnc1C(F)(F)C(F)(F)F. The smallest absolute Gasteiger partial charge is 0.461 e. The van der Waals surface area contributed by atoms with Crippen molar-refractivity contribution in [2.45, 2.75) is 18.6 Å². The fourth-order valence-electron chi connectivity index (χ4n) is 0.791. The van der Waals surface area contributed by atoms with Crippen LogP contribution in [-0.4, -0.2) is 37.5 Å². The van der Waals surface area contributed by atoms with Gasteiger partial charge in [-0.3, -0.25) is 4.79 Å². The number of aromatic nitrogens is 4. The molecule has 0 aliphatic carbocycles. The van der Waals surface area contributed by atoms with Gasteiger partial charge in [0.05, 0.1) is 0 Å². The summed E-state index contributed by atoms with van der Waals surface area (Å²) in [4.78, 5) is 10.2. The molecule has 0 atom stereocenters. The number of carboxylic acids is 1. The Morgan fingerprint density at radius 2 is 1.88 bits per heavy atom. The van der Waals surface area contributed by atoms with E-state index in [0.29, 0.717) is 0 Å². The first-order valence-electron chi connectivity index (χ1n) is 3.59. The molecule has 0 unspecified atom stereocenters. The van der Waals surface area contributed by atoms with E-state index in [1.807, 2.05) is 0 Å². The maximum Gasteiger partial charge on any atom is 0.461 e. The Labute approximate surface area is 83.7 Å². The molecular formula is C5H3F5N4O2. The molecule has 90 valence electrons. The van der Waals surface area contributed by atoms with Crippen molar-refractivity contribution in [3.05, 3.63) is 5.82 Å². The van der Waals surface area contributed by atoms with Crippen LogP contribution >= 0.6 is 0 Å². The molecule has 0 aliphatic heterocycles. The van der Waals surface area contributed by atoms with E-state index >= 15 is 0 Å². The molecule has 0 saturated heterocycles. The van der Waals surface area contributed by atoms with Crippen LogP contribution in [0.4, 0.5) is 22.0 Å². The van der Waals surface area contributed by atoms with Crippen molar-refractivity contribution in [1.82, 2.24) is 20.2 Å². The molecule has 1 N–H and O–H groups in total. The standard InChI is InChI=1S/C5H3F5N4O2/c6-4(7,5(8,9)10)3-11-12-13-14(3)1-2(15)16/h1H2,(H,15,16). The van der Waals surface area contributed by atoms with Gasteiger partial charge in [0.25, 0.3) is 0 Å². The van der Waals surface area contributed by atoms with E-state index in [-0.39, 0.29) is 4.68 Å². The summed E-state index contributed by atoms with van der Waals surface area (Å²) >= 11 is 0. The number of hydrogen-bond donors (Lipinski definition) is 1. The Bertz CT molecular complexity index is 400. The first kappa shape index (κ1) is 12.3. The fraction of sp³-hybridized carbons (Fsp3) is 0.600. The van der Waals surface area contributed by atoms with Gasteiger partial charge in [-0.05, 0) is 10.4 Å². The van der Waals surface area contributed by atoms with Crippen molar-refractivity contribution in [3.8, 4) is 0 Å². The number of nitrogens with zero attached hydrogens (tertiary/aromatic N) is 4. The van der Waals surface area contributed by atoms with Crippen molar-refractivity contribution in [3.63, 3.8) is 0 Å². The Kier molecular flexibility index (Phi) is 2.79. The van der Waals surface area contributed by atoms with Gasteiger partial charge in [-0.15, -0.1) is 5.10 Å². The van der Waals surface area contributed by atoms with Gasteiger partial charge in [0, 0.05) is 0 Å². The zero-order chi connectivity index (χ0) is 12.6. The number of carbonyl (C=O) groups is 1. The molecule has 16 heavy (non-hydrogen) atoms. The van der Waals surface area contributed by atoms with E-state index in [1.165, 1.54) is 0 Å². The molecule has 11 heteroatoms. The molecule has 1 aromatic rings. The summed E-state index contributed by atoms with van der Waals surface area (Å²) < 4.78 is 61.0. The highest BCUT2D eigenvalue weighted by molar-refractivity contribution is 5.66. The van der Waals surface area contributed by atoms with E-state index in [9.17, 15) is 26.7 Å². The average Bonchev–Trinajstić information content (AvgIpc) is 2.49. The van der Waals surface area contributed by atoms with Crippen LogP contribution in [0.3, 0.4) is 0 Å². The second kappa shape index (κ2) is 3.64. The van der Waals surface area contributed by atoms with Crippen LogP contribution < -0.4 is 0 Å². The topological polar surface area (TPSA) is 80.9 Å². The summed E-state index contributed by atoms with van der Waals surface area (Å²) in [5.74, 6) is -8.81. The van der Waals surface area contributed by atoms with Crippen LogP contribution in [0.25, 0.3) is 0 Å². The average molecular weight is 246 g/mol. The van der Waals surface area contributed by atoms with Crippen molar-refractivity contribution in [1.29, 1.82) is 0 Å². The number of carboxylic acid groups (broad SMARTS) is 1. The molecule has 0 saturated carbocycles. The van der Waals surface area contributed by atoms with Crippen LogP contribution in [0, 0.1) is 0 Å². The van der Waals surface area contributed by atoms with Crippen LogP contribution in [-0.2, 0) is 17.3 Å². The monoisotopic (exact) mass is 246 g/mol. The summed E-state index contributed by atoms with van der Waals surface area (Å²) in [6.07, 6.45) is -5.89. The van der Waals surface area contributed by atoms with Gasteiger partial charge in [0.15, 0.2) is 0 Å². The minimum Gasteiger partial charge on any atom is -0.480 e. The maximum atomic E-state index is 12.7. The highest BCUT2D eigenvalue weighted by atomic mass is 19.4. The van der Waals surface area contributed by atoms with Crippen molar-refractivity contribution in [2.24, 2.45) is 0 Å². The molecule has 0 radical (unpaired) electrons. The predicted octanol–water partition coefficient (Wildman–Crippen LogP) is 0.412. The minimum absolute atomic E-state index is 0.129. The maximum absolute atomic E-state index is 12.7. The lowest BCUT2D eigenvalue weighted by molar-refractivity contribution is -0.293. The van der Waals surface area contributed by atoms with Crippen LogP contribution in [0.2, 0.25) is 0 Å². The number of hydrogen-bond acceptors (Lipinski definition) is 4. The number of tetrazole rings is 1. The van der Waals surface area contributed by atoms with E-state index < -0.39 is 30.4 Å². The van der Waals surface area contributed by atoms with Gasteiger partial charge in [-0.1, -0.05) is 0 Å². The van der Waals surface area contributed by atoms with Crippen molar-refractivity contribution >= 4 is 5.97 Å². The normalized spacial score (nSPS) is 12.8. The Balaban J connectivity index is 3.14. The molecule has 0 bridgehead atoms. The highest BCUT2D eigenvalue weighted by Gasteiger charge is 2.62.